The average molecular weight is 745 g/mol. The molecule has 2 fully saturated rings. The highest BCUT2D eigenvalue weighted by molar-refractivity contribution is 7.48. The lowest BCUT2D eigenvalue weighted by Crippen LogP contribution is -2.44. The minimum absolute atomic E-state index is 0.0805. The number of fused-ring (bicyclic) bond motifs is 1. The van der Waals surface area contributed by atoms with Crippen LogP contribution in [0.1, 0.15) is 93.2 Å². The molecule has 1 aliphatic carbocycles. The molecule has 2 aliphatic rings. The fourth-order valence-corrected chi connectivity index (χ4v) is 6.54. The van der Waals surface area contributed by atoms with Crippen LogP contribution in [0, 0.1) is 16.7 Å². The molecule has 19 heteroatoms. The van der Waals surface area contributed by atoms with Crippen LogP contribution in [0.5, 0.6) is 0 Å². The van der Waals surface area contributed by atoms with E-state index in [2.05, 4.69) is 20.3 Å². The first-order valence-corrected chi connectivity index (χ1v) is 18.3. The summed E-state index contributed by atoms with van der Waals surface area (Å²) in [5.41, 5.74) is 2.07. The summed E-state index contributed by atoms with van der Waals surface area (Å²) in [7, 11) is -3.11. The highest BCUT2D eigenvalue weighted by Crippen LogP contribution is 2.52. The van der Waals surface area contributed by atoms with Crippen molar-refractivity contribution in [3.05, 3.63) is 6.33 Å². The number of nitrogens with two attached hydrogens (primary N) is 1. The van der Waals surface area contributed by atoms with E-state index in [0.29, 0.717) is 5.82 Å². The molecule has 1 saturated heterocycles. The molecule has 1 aliphatic heterocycles. The first-order valence-electron chi connectivity index (χ1n) is 16.8. The average Bonchev–Trinajstić information content (AvgIpc) is 3.56. The van der Waals surface area contributed by atoms with Crippen molar-refractivity contribution in [3.63, 3.8) is 0 Å². The van der Waals surface area contributed by atoms with Gasteiger partial charge < -0.3 is 30.0 Å². The molecule has 2 aromatic heterocycles. The van der Waals surface area contributed by atoms with Crippen molar-refractivity contribution in [1.29, 1.82) is 0 Å². The number of nitrogens with zero attached hydrogens (tertiary/aromatic N) is 4. The minimum atomic E-state index is -4.72. The van der Waals surface area contributed by atoms with E-state index < -0.39 is 80.9 Å². The summed E-state index contributed by atoms with van der Waals surface area (Å²) in [5.74, 6) is -1.71. The number of hydrogen-bond acceptors (Lipinski definition) is 16. The van der Waals surface area contributed by atoms with Gasteiger partial charge >= 0.3 is 25.7 Å². The fourth-order valence-electron chi connectivity index (χ4n) is 5.62. The third-order valence-corrected chi connectivity index (χ3v) is 9.78. The van der Waals surface area contributed by atoms with E-state index in [1.807, 2.05) is 0 Å². The van der Waals surface area contributed by atoms with E-state index in [1.54, 1.807) is 48.6 Å². The highest BCUT2D eigenvalue weighted by atomic mass is 31.2. The van der Waals surface area contributed by atoms with Crippen LogP contribution in [0.3, 0.4) is 0 Å². The highest BCUT2D eigenvalue weighted by Gasteiger charge is 2.59. The van der Waals surface area contributed by atoms with Gasteiger partial charge in [-0.3, -0.25) is 23.5 Å². The Morgan fingerprint density at radius 2 is 1.61 bits per heavy atom. The Labute approximate surface area is 296 Å². The molecule has 0 spiro atoms. The molecule has 4 atom stereocenters. The van der Waals surface area contributed by atoms with Gasteiger partial charge in [0.1, 0.15) is 6.10 Å². The van der Waals surface area contributed by atoms with Crippen molar-refractivity contribution in [3.8, 4) is 0 Å². The van der Waals surface area contributed by atoms with Crippen molar-refractivity contribution < 1.29 is 55.9 Å². The largest absolute Gasteiger partial charge is 0.480 e. The number of phosphoric acid groups is 1. The van der Waals surface area contributed by atoms with Crippen molar-refractivity contribution in [2.45, 2.75) is 111 Å². The van der Waals surface area contributed by atoms with Gasteiger partial charge in [0.2, 0.25) is 19.5 Å². The molecule has 0 radical (unpaired) electrons. The number of hydrogen-bond donors (Lipinski definition) is 2. The van der Waals surface area contributed by atoms with Crippen molar-refractivity contribution in [2.75, 3.05) is 38.3 Å². The maximum Gasteiger partial charge on any atom is 0.480 e. The summed E-state index contributed by atoms with van der Waals surface area (Å²) in [4.78, 5) is 50.5. The Hall–Kier alpha value is -3.44. The SMILES string of the molecule is CNc1nc(N)nc2c1ncn2C1OC(COP(=O)(OCOC(=O)C(C)(C)C)OCOC(=O)C(C)(C)C)C(OC(=O)CC2CCCCC2)C1(C)F. The zero-order valence-electron chi connectivity index (χ0n) is 30.4. The summed E-state index contributed by atoms with van der Waals surface area (Å²) < 4.78 is 70.3. The predicted molar refractivity (Wildman–Crippen MR) is 180 cm³/mol. The maximum atomic E-state index is 17.1. The molecule has 4 rings (SSSR count). The van der Waals surface area contributed by atoms with Crippen LogP contribution in [-0.4, -0.2) is 82.5 Å². The van der Waals surface area contributed by atoms with Gasteiger partial charge in [-0.2, -0.15) is 9.97 Å². The van der Waals surface area contributed by atoms with Crippen LogP contribution in [0.4, 0.5) is 16.2 Å². The standard InChI is InChI=1S/C32H50FN6O11P/c1-30(2,3)27(41)44-17-47-51(43,48-18-45-28(42)31(4,5)6)46-15-20-23(50-21(40)14-19-12-10-9-11-13-19)32(7,33)26(49-20)39-16-36-22-24(35-8)37-29(34)38-25(22)39/h16,19-20,23,26H,9-15,17-18H2,1-8H3,(H3,34,35,37,38). The summed E-state index contributed by atoms with van der Waals surface area (Å²) >= 11 is 0. The Bertz CT molecular complexity index is 1570. The zero-order valence-corrected chi connectivity index (χ0v) is 31.3. The van der Waals surface area contributed by atoms with Crippen LogP contribution in [0.2, 0.25) is 0 Å². The monoisotopic (exact) mass is 744 g/mol. The molecule has 2 aromatic rings. The van der Waals surface area contributed by atoms with E-state index in [1.165, 1.54) is 17.8 Å². The predicted octanol–water partition coefficient (Wildman–Crippen LogP) is 5.21. The van der Waals surface area contributed by atoms with E-state index in [4.69, 9.17) is 38.3 Å². The molecular formula is C32H50FN6O11P. The quantitative estimate of drug-likeness (QED) is 0.110. The van der Waals surface area contributed by atoms with Gasteiger partial charge in [0.15, 0.2) is 35.0 Å². The van der Waals surface area contributed by atoms with E-state index >= 15 is 4.39 Å². The Morgan fingerprint density at radius 1 is 1.02 bits per heavy atom. The molecule has 17 nitrogen and oxygen atoms in total. The van der Waals surface area contributed by atoms with Crippen molar-refractivity contribution in [1.82, 2.24) is 19.5 Å². The lowest BCUT2D eigenvalue weighted by Gasteiger charge is -2.29. The number of anilines is 2. The first kappa shape index (κ1) is 40.3. The molecule has 4 unspecified atom stereocenters. The van der Waals surface area contributed by atoms with Crippen LogP contribution in [0.15, 0.2) is 6.33 Å². The summed E-state index contributed by atoms with van der Waals surface area (Å²) in [6.07, 6.45) is 1.66. The molecule has 0 aromatic carbocycles. The van der Waals surface area contributed by atoms with Gasteiger partial charge in [0, 0.05) is 13.5 Å². The number of halogens is 1. The second-order valence-electron chi connectivity index (χ2n) is 14.9. The third-order valence-electron chi connectivity index (χ3n) is 8.47. The van der Waals surface area contributed by atoms with E-state index in [-0.39, 0.29) is 29.5 Å². The third kappa shape index (κ3) is 10.1. The summed E-state index contributed by atoms with van der Waals surface area (Å²) in [6, 6.07) is 0. The van der Waals surface area contributed by atoms with Crippen LogP contribution >= 0.6 is 7.82 Å². The van der Waals surface area contributed by atoms with Crippen molar-refractivity contribution >= 4 is 48.7 Å². The molecular weight excluding hydrogens is 694 g/mol. The second-order valence-corrected chi connectivity index (χ2v) is 16.6. The molecule has 3 N–H and O–H groups in total. The second kappa shape index (κ2) is 16.1. The number of ether oxygens (including phenoxy) is 4. The fraction of sp³-hybridized carbons (Fsp3) is 0.750. The van der Waals surface area contributed by atoms with Gasteiger partial charge in [-0.05, 0) is 67.2 Å². The number of nitrogen functional groups attached to an aromatic ring is 1. The van der Waals surface area contributed by atoms with Gasteiger partial charge in [-0.15, -0.1) is 0 Å². The molecule has 0 amide bonds. The molecule has 0 bridgehead atoms. The number of carbonyl (C=O) groups excluding carboxylic acids is 3. The smallest absolute Gasteiger partial charge is 0.456 e. The van der Waals surface area contributed by atoms with Crippen molar-refractivity contribution in [2.24, 2.45) is 16.7 Å². The Morgan fingerprint density at radius 3 is 2.16 bits per heavy atom. The lowest BCUT2D eigenvalue weighted by atomic mass is 9.87. The molecule has 286 valence electrons. The summed E-state index contributed by atoms with van der Waals surface area (Å²) in [6.45, 7) is 8.41. The van der Waals surface area contributed by atoms with Crippen LogP contribution in [0.25, 0.3) is 11.2 Å². The van der Waals surface area contributed by atoms with Crippen LogP contribution in [-0.2, 0) is 51.5 Å². The molecule has 3 heterocycles. The Kier molecular flexibility index (Phi) is 12.7. The number of nitrogens with one attached hydrogen (secondary N) is 1. The maximum absolute atomic E-state index is 17.1. The summed E-state index contributed by atoms with van der Waals surface area (Å²) in [5, 5.41) is 2.87. The molecule has 1 saturated carbocycles. The number of carbonyl (C=O) groups is 3. The number of esters is 3. The van der Waals surface area contributed by atoms with Gasteiger partial charge in [-0.25, -0.2) is 23.0 Å². The number of rotatable bonds is 14. The zero-order chi connectivity index (χ0) is 37.8. The number of aromatic nitrogens is 4. The number of imidazole rings is 1. The molecule has 51 heavy (non-hydrogen) atoms. The first-order chi connectivity index (χ1) is 23.7. The Balaban J connectivity index is 1.60. The van der Waals surface area contributed by atoms with E-state index in [9.17, 15) is 18.9 Å². The van der Waals surface area contributed by atoms with Gasteiger partial charge in [0.05, 0.1) is 23.8 Å². The van der Waals surface area contributed by atoms with Crippen LogP contribution < -0.4 is 11.1 Å². The van der Waals surface area contributed by atoms with Gasteiger partial charge in [0.25, 0.3) is 0 Å². The van der Waals surface area contributed by atoms with Gasteiger partial charge in [-0.1, -0.05) is 19.3 Å². The topological polar surface area (TPSA) is 215 Å². The number of phosphoric ester groups is 1. The minimum Gasteiger partial charge on any atom is -0.456 e. The lowest BCUT2D eigenvalue weighted by molar-refractivity contribution is -0.163. The number of alkyl halides is 1. The van der Waals surface area contributed by atoms with E-state index in [0.717, 1.165) is 32.1 Å². The normalized spacial score (nSPS) is 23.3.